The number of amides is 3. The van der Waals surface area contributed by atoms with E-state index in [0.717, 1.165) is 20.8 Å². The van der Waals surface area contributed by atoms with Crippen LogP contribution in [0.3, 0.4) is 0 Å². The average Bonchev–Trinajstić information content (AvgIpc) is 3.84. The minimum absolute atomic E-state index is 0.0924. The second kappa shape index (κ2) is 24.2. The maximum atomic E-state index is 12.2. The fourth-order valence-electron chi connectivity index (χ4n) is 6.47. The molecule has 9 N–H and O–H groups in total. The van der Waals surface area contributed by atoms with Gasteiger partial charge in [-0.2, -0.15) is 15.0 Å². The number of ether oxygens (including phenoxy) is 6. The van der Waals surface area contributed by atoms with E-state index < -0.39 is 109 Å². The molecule has 3 aliphatic heterocycles. The van der Waals surface area contributed by atoms with E-state index in [1.54, 1.807) is 27.7 Å². The molecular formula is C42H51N9O18. The third-order valence-corrected chi connectivity index (χ3v) is 10.1. The van der Waals surface area contributed by atoms with Crippen LogP contribution in [0.2, 0.25) is 0 Å². The summed E-state index contributed by atoms with van der Waals surface area (Å²) in [5.41, 5.74) is -2.12. The lowest BCUT2D eigenvalue weighted by atomic mass is 10.1. The normalized spacial score (nSPS) is 26.6. The van der Waals surface area contributed by atoms with Crippen LogP contribution in [0.15, 0.2) is 33.0 Å². The predicted octanol–water partition coefficient (Wildman–Crippen LogP) is -1.70. The molecule has 372 valence electrons. The van der Waals surface area contributed by atoms with E-state index in [2.05, 4.69) is 53.4 Å². The molecule has 0 radical (unpaired) electrons. The van der Waals surface area contributed by atoms with Gasteiger partial charge in [0.1, 0.15) is 36.6 Å². The highest BCUT2D eigenvalue weighted by Crippen LogP contribution is 2.31. The second-order valence-electron chi connectivity index (χ2n) is 14.9. The third kappa shape index (κ3) is 12.9. The topological polar surface area (TPSA) is 369 Å². The van der Waals surface area contributed by atoms with Gasteiger partial charge < -0.3 is 59.1 Å². The zero-order chi connectivity index (χ0) is 51.4. The second-order valence-corrected chi connectivity index (χ2v) is 14.9. The molecule has 0 aromatic carbocycles. The summed E-state index contributed by atoms with van der Waals surface area (Å²) in [6.45, 7) is 8.50. The number of anilines is 3. The van der Waals surface area contributed by atoms with Gasteiger partial charge in [-0.1, -0.05) is 24.7 Å². The number of rotatable bonds is 9. The molecule has 3 aromatic heterocycles. The van der Waals surface area contributed by atoms with E-state index in [9.17, 15) is 59.4 Å². The molecule has 27 nitrogen and oxygen atoms in total. The molecule has 6 rings (SSSR count). The first-order valence-corrected chi connectivity index (χ1v) is 20.7. The Morgan fingerprint density at radius 2 is 0.884 bits per heavy atom. The highest BCUT2D eigenvalue weighted by molar-refractivity contribution is 5.86. The van der Waals surface area contributed by atoms with E-state index in [4.69, 9.17) is 43.0 Å². The Hall–Kier alpha value is -7.23. The molecule has 0 bridgehead atoms. The predicted molar refractivity (Wildman–Crippen MR) is 236 cm³/mol. The van der Waals surface area contributed by atoms with E-state index in [1.807, 2.05) is 6.92 Å². The van der Waals surface area contributed by atoms with Crippen molar-refractivity contribution in [2.45, 2.75) is 115 Å². The Kier molecular flexibility index (Phi) is 19.0. The maximum Gasteiger partial charge on any atom is 0.412 e. The van der Waals surface area contributed by atoms with Crippen molar-refractivity contribution in [2.24, 2.45) is 0 Å². The molecule has 3 aliphatic rings. The van der Waals surface area contributed by atoms with Crippen LogP contribution in [0, 0.1) is 37.0 Å². The van der Waals surface area contributed by atoms with Crippen molar-refractivity contribution in [2.75, 3.05) is 36.3 Å². The van der Waals surface area contributed by atoms with Gasteiger partial charge in [0.2, 0.25) is 0 Å². The Morgan fingerprint density at radius 3 is 1.13 bits per heavy atom. The minimum atomic E-state index is -1.31. The Balaban J connectivity index is 0.000000226. The molecule has 3 amide bonds. The number of aliphatic hydroxyl groups is 6. The SMILES string of the molecule is C#Cc1cn([C@@H]2O[C@H](C)[C@@H](O)[C@H]2O)c(=O)nc1NC(=O)OC.C#Cc1cn([C@@H]2O[C@H](C)[C@@H](O)[C@H]2O)c(=O)nc1NC(=O)OCC.C#Cc1cn([C@@H]2O[C@H](C)[C@@H](O)[C@H]2O)c(=O)nc1NC(=O)OCCC. The summed E-state index contributed by atoms with van der Waals surface area (Å²) < 4.78 is 32.9. The van der Waals surface area contributed by atoms with Crippen molar-refractivity contribution >= 4 is 35.7 Å². The number of carbonyl (C=O) groups excluding carboxylic acids is 3. The number of methoxy groups -OCH3 is 1. The summed E-state index contributed by atoms with van der Waals surface area (Å²) in [4.78, 5) is 81.5. The highest BCUT2D eigenvalue weighted by atomic mass is 16.6. The smallest absolute Gasteiger partial charge is 0.412 e. The summed E-state index contributed by atoms with van der Waals surface area (Å²) in [7, 11) is 1.15. The van der Waals surface area contributed by atoms with Crippen molar-refractivity contribution in [3.8, 4) is 37.0 Å². The van der Waals surface area contributed by atoms with Crippen molar-refractivity contribution in [3.05, 3.63) is 66.7 Å². The quantitative estimate of drug-likeness (QED) is 0.0852. The monoisotopic (exact) mass is 969 g/mol. The first-order valence-electron chi connectivity index (χ1n) is 20.7. The standard InChI is InChI=1S/C15H19N3O6.C14H17N3O6.C13H15N3O6/c1-4-6-23-15(22)17-12-9(5-2)7-18(14(21)16-12)13-11(20)10(19)8(3)24-13;1-4-8-6-17(12-10(19)9(18)7(3)23-12)13(20)15-11(8)16-14(21)22-5-2;1-4-7-5-16(11-9(18)8(17)6(2)22-11)12(19)14-10(7)15-13(20)21-3/h2,7-8,10-11,13,19-20H,4,6H2,1,3H3,(H,16,17,21,22);1,6-7,9-10,12,18-19H,5H2,2-3H3,(H,15,16,20,21);1,5-6,8-9,11,17-18H,2-3H3,(H,14,15,19,20)/t8-,10-,11-,13-;7-,9-,10-,12-;6-,8-,9-,11-/m111/s1. The Labute approximate surface area is 391 Å². The molecule has 3 saturated heterocycles. The summed E-state index contributed by atoms with van der Waals surface area (Å²) >= 11 is 0. The molecule has 3 fully saturated rings. The van der Waals surface area contributed by atoms with Crippen LogP contribution in [0.1, 0.15) is 76.4 Å². The van der Waals surface area contributed by atoms with Crippen molar-refractivity contribution in [3.63, 3.8) is 0 Å². The van der Waals surface area contributed by atoms with Crippen molar-refractivity contribution < 1.29 is 73.4 Å². The molecule has 0 unspecified atom stereocenters. The lowest BCUT2D eigenvalue weighted by molar-refractivity contribution is -0.0350. The van der Waals surface area contributed by atoms with E-state index in [-0.39, 0.29) is 47.4 Å². The number of aromatic nitrogens is 6. The lowest BCUT2D eigenvalue weighted by Gasteiger charge is -2.18. The first kappa shape index (κ1) is 54.4. The number of hydrogen-bond acceptors (Lipinski definition) is 21. The number of carbonyl (C=O) groups is 3. The van der Waals surface area contributed by atoms with Crippen LogP contribution < -0.4 is 33.0 Å². The van der Waals surface area contributed by atoms with E-state index in [1.165, 1.54) is 18.6 Å². The van der Waals surface area contributed by atoms with Crippen LogP contribution >= 0.6 is 0 Å². The van der Waals surface area contributed by atoms with Gasteiger partial charge >= 0.3 is 35.3 Å². The molecule has 0 spiro atoms. The van der Waals surface area contributed by atoms with Gasteiger partial charge in [-0.15, -0.1) is 19.3 Å². The average molecular weight is 970 g/mol. The van der Waals surface area contributed by atoms with Gasteiger partial charge in [-0.05, 0) is 34.1 Å². The number of nitrogens with one attached hydrogen (secondary N) is 3. The minimum Gasteiger partial charge on any atom is -0.453 e. The molecule has 69 heavy (non-hydrogen) atoms. The molecule has 27 heteroatoms. The van der Waals surface area contributed by atoms with E-state index in [0.29, 0.717) is 6.42 Å². The molecule has 3 aromatic rings. The summed E-state index contributed by atoms with van der Waals surface area (Å²) in [6, 6.07) is 0. The fraction of sp³-hybridized carbons (Fsp3) is 0.500. The number of terminal acetylenes is 3. The Morgan fingerprint density at radius 1 is 0.580 bits per heavy atom. The molecule has 0 aliphatic carbocycles. The number of aliphatic hydroxyl groups excluding tert-OH is 6. The van der Waals surface area contributed by atoms with E-state index >= 15 is 0 Å². The van der Waals surface area contributed by atoms with Gasteiger partial charge in [-0.25, -0.2) is 28.8 Å². The molecule has 12 atom stereocenters. The van der Waals surface area contributed by atoms with Gasteiger partial charge in [0.25, 0.3) is 0 Å². The highest BCUT2D eigenvalue weighted by Gasteiger charge is 2.44. The summed E-state index contributed by atoms with van der Waals surface area (Å²) in [5, 5.41) is 65.8. The Bertz CT molecular complexity index is 2650. The van der Waals surface area contributed by atoms with Crippen LogP contribution in [0.4, 0.5) is 31.8 Å². The summed E-state index contributed by atoms with van der Waals surface area (Å²) in [5.74, 6) is 6.44. The van der Waals surface area contributed by atoms with Gasteiger partial charge in [0.05, 0.1) is 55.3 Å². The van der Waals surface area contributed by atoms with Crippen LogP contribution in [-0.2, 0) is 28.4 Å². The van der Waals surface area contributed by atoms with Crippen LogP contribution in [0.5, 0.6) is 0 Å². The lowest BCUT2D eigenvalue weighted by Crippen LogP contribution is -2.36. The maximum absolute atomic E-state index is 12.2. The molecule has 6 heterocycles. The zero-order valence-electron chi connectivity index (χ0n) is 37.8. The van der Waals surface area contributed by atoms with Gasteiger partial charge in [0, 0.05) is 18.6 Å². The van der Waals surface area contributed by atoms with Crippen molar-refractivity contribution in [1.29, 1.82) is 0 Å². The number of nitrogens with zero attached hydrogens (tertiary/aromatic N) is 6. The van der Waals surface area contributed by atoms with Crippen LogP contribution in [0.25, 0.3) is 0 Å². The fourth-order valence-corrected chi connectivity index (χ4v) is 6.47. The van der Waals surface area contributed by atoms with Crippen molar-refractivity contribution in [1.82, 2.24) is 28.7 Å². The first-order chi connectivity index (χ1) is 32.7. The number of hydrogen-bond donors (Lipinski definition) is 9. The zero-order valence-corrected chi connectivity index (χ0v) is 37.8. The third-order valence-electron chi connectivity index (χ3n) is 10.1. The molecule has 0 saturated carbocycles. The largest absolute Gasteiger partial charge is 0.453 e. The van der Waals surface area contributed by atoms with Gasteiger partial charge in [0.15, 0.2) is 36.1 Å². The van der Waals surface area contributed by atoms with Gasteiger partial charge in [-0.3, -0.25) is 29.7 Å². The molecular weight excluding hydrogens is 919 g/mol. The van der Waals surface area contributed by atoms with Crippen LogP contribution in [-0.4, -0.2) is 153 Å². The summed E-state index contributed by atoms with van der Waals surface area (Å²) in [6.07, 6.45) is 5.27.